The van der Waals surface area contributed by atoms with Crippen molar-refractivity contribution in [3.63, 3.8) is 0 Å². The highest BCUT2D eigenvalue weighted by molar-refractivity contribution is 14.1. The van der Waals surface area contributed by atoms with Crippen LogP contribution in [0.5, 0.6) is 0 Å². The molecule has 0 aromatic rings. The molecule has 0 spiro atoms. The molecule has 0 aromatic carbocycles. The topological polar surface area (TPSA) is 223 Å². The summed E-state index contributed by atoms with van der Waals surface area (Å²) in [6, 6.07) is -1.83. The Kier molecular flexibility index (Phi) is 26.4. The summed E-state index contributed by atoms with van der Waals surface area (Å²) >= 11 is 1.54. The minimum Gasteiger partial charge on any atom is -0.480 e. The molecule has 42 heavy (non-hydrogen) atoms. The fourth-order valence-corrected chi connectivity index (χ4v) is 3.53. The minimum atomic E-state index is -1.15. The van der Waals surface area contributed by atoms with Gasteiger partial charge in [0.2, 0.25) is 21.5 Å². The van der Waals surface area contributed by atoms with Gasteiger partial charge >= 0.3 is 5.97 Å². The third-order valence-electron chi connectivity index (χ3n) is 5.29. The lowest BCUT2D eigenvalue weighted by Crippen LogP contribution is -2.38. The number of amides is 3. The first-order valence-electron chi connectivity index (χ1n) is 13.4. The summed E-state index contributed by atoms with van der Waals surface area (Å²) in [6.45, 7) is 1.40. The van der Waals surface area contributed by atoms with E-state index in [2.05, 4.69) is 21.3 Å². The van der Waals surface area contributed by atoms with E-state index in [1.807, 2.05) is 0 Å². The number of hydrogen-bond acceptors (Lipinski definition) is 12. The number of aliphatic carboxylic acids is 1. The molecule has 0 rings (SSSR count). The highest BCUT2D eigenvalue weighted by Crippen LogP contribution is 2.05. The molecule has 0 radical (unpaired) electrons. The molecule has 0 unspecified atom stereocenters. The van der Waals surface area contributed by atoms with Crippen LogP contribution in [0.2, 0.25) is 0 Å². The number of rotatable bonds is 29. The summed E-state index contributed by atoms with van der Waals surface area (Å²) in [5.41, 5.74) is 1.46. The second kappa shape index (κ2) is 27.7. The normalized spacial score (nSPS) is 12.4. The van der Waals surface area contributed by atoms with E-state index in [9.17, 15) is 28.5 Å². The van der Waals surface area contributed by atoms with Gasteiger partial charge in [-0.3, -0.25) is 29.3 Å². The van der Waals surface area contributed by atoms with E-state index in [0.717, 1.165) is 0 Å². The van der Waals surface area contributed by atoms with Gasteiger partial charge in [-0.05, 0) is 25.7 Å². The van der Waals surface area contributed by atoms with Crippen LogP contribution < -0.4 is 26.8 Å². The lowest BCUT2D eigenvalue weighted by atomic mass is 10.1. The van der Waals surface area contributed by atoms with Crippen LogP contribution in [0.25, 0.3) is 0 Å². The van der Waals surface area contributed by atoms with Crippen molar-refractivity contribution < 1.29 is 57.6 Å². The maximum absolute atomic E-state index is 12.4. The molecule has 0 aromatic heterocycles. The molecule has 7 N–H and O–H groups in total. The highest BCUT2D eigenvalue weighted by Gasteiger charge is 2.17. The second-order valence-corrected chi connectivity index (χ2v) is 9.70. The Bertz CT molecular complexity index is 785. The van der Waals surface area contributed by atoms with Crippen molar-refractivity contribution in [3.05, 3.63) is 0 Å². The van der Waals surface area contributed by atoms with Crippen molar-refractivity contribution in [2.75, 3.05) is 79.2 Å². The van der Waals surface area contributed by atoms with Crippen LogP contribution in [0.4, 0.5) is 4.48 Å². The highest BCUT2D eigenvalue weighted by atomic mass is 127. The van der Waals surface area contributed by atoms with Crippen LogP contribution in [-0.2, 0) is 42.9 Å². The van der Waals surface area contributed by atoms with Crippen molar-refractivity contribution in [2.24, 2.45) is 0 Å². The molecule has 16 nitrogen and oxygen atoms in total. The predicted molar refractivity (Wildman–Crippen MR) is 154 cm³/mol. The number of unbranched alkanes of at least 4 members (excludes halogenated alkanes) is 1. The third kappa shape index (κ3) is 24.5. The van der Waals surface area contributed by atoms with Crippen molar-refractivity contribution >= 4 is 50.1 Å². The van der Waals surface area contributed by atoms with Gasteiger partial charge in [-0.2, -0.15) is 0 Å². The van der Waals surface area contributed by atoms with E-state index in [-0.39, 0.29) is 100 Å². The van der Waals surface area contributed by atoms with Gasteiger partial charge in [0, 0.05) is 48.6 Å². The van der Waals surface area contributed by atoms with E-state index in [0.29, 0.717) is 25.8 Å². The fraction of sp³-hybridized carbons (Fsp3) is 0.792. The van der Waals surface area contributed by atoms with Crippen LogP contribution in [0.3, 0.4) is 0 Å². The molecule has 3 amide bonds. The first kappa shape index (κ1) is 39.9. The molecule has 0 aliphatic heterocycles. The lowest BCUT2D eigenvalue weighted by Gasteiger charge is -2.12. The number of carboxylic acids is 1. The number of halogens is 2. The summed E-state index contributed by atoms with van der Waals surface area (Å²) in [4.78, 5) is 57.1. The third-order valence-corrected chi connectivity index (χ3v) is 6.04. The van der Waals surface area contributed by atoms with Crippen LogP contribution in [-0.4, -0.2) is 129 Å². The summed E-state index contributed by atoms with van der Waals surface area (Å²) in [5, 5.41) is 27.9. The summed E-state index contributed by atoms with van der Waals surface area (Å²) in [5.74, 6) is -2.10. The molecule has 0 aliphatic rings. The Labute approximate surface area is 257 Å². The number of aliphatic hydroxyl groups is 1. The Morgan fingerprint density at radius 2 is 1.21 bits per heavy atom. The molecule has 18 heteroatoms. The van der Waals surface area contributed by atoms with E-state index in [1.54, 1.807) is 0 Å². The molecular formula is C24H43FIN5O11. The van der Waals surface area contributed by atoms with E-state index in [1.165, 1.54) is 28.1 Å². The molecule has 0 heterocycles. The summed E-state index contributed by atoms with van der Waals surface area (Å²) in [6.07, 6.45) is 1.56. The number of hydrogen-bond donors (Lipinski definition) is 7. The van der Waals surface area contributed by atoms with Gasteiger partial charge in [-0.15, -0.1) is 10.0 Å². The number of nitrogens with one attached hydrogen (secondary N) is 5. The summed E-state index contributed by atoms with van der Waals surface area (Å²) in [7, 11) is 0. The van der Waals surface area contributed by atoms with Crippen molar-refractivity contribution in [1.82, 2.24) is 26.8 Å². The maximum atomic E-state index is 12.4. The Balaban J connectivity index is 3.49. The zero-order valence-electron chi connectivity index (χ0n) is 23.5. The largest absolute Gasteiger partial charge is 0.480 e. The molecule has 0 aliphatic carbocycles. The second-order valence-electron chi connectivity index (χ2n) is 8.63. The molecule has 0 saturated carbocycles. The molecule has 0 saturated heterocycles. The van der Waals surface area contributed by atoms with Gasteiger partial charge in [0.15, 0.2) is 0 Å². The van der Waals surface area contributed by atoms with E-state index < -0.39 is 24.8 Å². The van der Waals surface area contributed by atoms with Gasteiger partial charge in [0.1, 0.15) is 25.3 Å². The van der Waals surface area contributed by atoms with E-state index in [4.69, 9.17) is 29.2 Å². The Hall–Kier alpha value is -2.07. The minimum absolute atomic E-state index is 0.0177. The van der Waals surface area contributed by atoms with Crippen molar-refractivity contribution in [3.8, 4) is 0 Å². The number of ether oxygens (including phenoxy) is 4. The fourth-order valence-electron chi connectivity index (χ4n) is 3.10. The zero-order chi connectivity index (χ0) is 31.4. The molecule has 0 bridgehead atoms. The average molecular weight is 724 g/mol. The van der Waals surface area contributed by atoms with E-state index >= 15 is 0 Å². The number of carbonyl (C=O) groups excluding carboxylic acids is 4. The number of carboxylic acid groups (broad SMARTS) is 1. The standard InChI is InChI=1S/C24H43FIN5O11/c25-31-18(23(26)36)3-1-2-6-27-21(34)15-41-13-12-40-10-8-29-22(35)16-42-14-11-39-9-7-28-20(33)5-4-19(24(37)38)30-17-32/h18-19,30-32H,1-17H2,(H,27,34)(H,28,33)(H,29,35)(H,37,38)/t18-,19-/m0/s1. The van der Waals surface area contributed by atoms with Crippen LogP contribution >= 0.6 is 22.6 Å². The predicted octanol–water partition coefficient (Wildman–Crippen LogP) is -1.85. The van der Waals surface area contributed by atoms with Crippen LogP contribution in [0.1, 0.15) is 32.1 Å². The Morgan fingerprint density at radius 3 is 1.71 bits per heavy atom. The first-order valence-corrected chi connectivity index (χ1v) is 14.5. The first-order chi connectivity index (χ1) is 20.2. The quantitative estimate of drug-likeness (QED) is 0.0148. The van der Waals surface area contributed by atoms with Gasteiger partial charge in [0.05, 0.1) is 46.4 Å². The average Bonchev–Trinajstić information content (AvgIpc) is 2.95. The van der Waals surface area contributed by atoms with Gasteiger partial charge < -0.3 is 45.1 Å². The smallest absolute Gasteiger partial charge is 0.320 e. The Morgan fingerprint density at radius 1 is 0.690 bits per heavy atom. The van der Waals surface area contributed by atoms with Crippen LogP contribution in [0, 0.1) is 0 Å². The number of aliphatic hydroxyl groups excluding tert-OH is 1. The molecule has 0 fully saturated rings. The zero-order valence-corrected chi connectivity index (χ0v) is 25.7. The monoisotopic (exact) mass is 723 g/mol. The van der Waals surface area contributed by atoms with Gasteiger partial charge in [0.25, 0.3) is 0 Å². The van der Waals surface area contributed by atoms with Crippen molar-refractivity contribution in [1.29, 1.82) is 0 Å². The maximum Gasteiger partial charge on any atom is 0.320 e. The van der Waals surface area contributed by atoms with Crippen molar-refractivity contribution in [2.45, 2.75) is 44.2 Å². The molecular weight excluding hydrogens is 680 g/mol. The molecule has 2 atom stereocenters. The van der Waals surface area contributed by atoms with Crippen LogP contribution in [0.15, 0.2) is 0 Å². The molecule has 244 valence electrons. The van der Waals surface area contributed by atoms with Gasteiger partial charge in [-0.1, -0.05) is 0 Å². The summed E-state index contributed by atoms with van der Waals surface area (Å²) < 4.78 is 33.1. The SMILES string of the molecule is O=C(CC[C@H](NCO)C(=O)O)NCCOCCOCC(=O)NCCOCCOCC(=O)NCCCC[C@H](NF)C(=O)I. The number of carbonyl (C=O) groups is 5. The lowest BCUT2D eigenvalue weighted by molar-refractivity contribution is -0.140. The van der Waals surface area contributed by atoms with Gasteiger partial charge in [-0.25, -0.2) is 0 Å².